The van der Waals surface area contributed by atoms with Crippen LogP contribution in [0.3, 0.4) is 0 Å². The molecule has 1 aliphatic heterocycles. The highest BCUT2D eigenvalue weighted by atomic mass is 32.1. The number of phenols is 1. The maximum absolute atomic E-state index is 12.0. The van der Waals surface area contributed by atoms with E-state index in [-0.39, 0.29) is 11.3 Å². The number of rotatable bonds is 3. The summed E-state index contributed by atoms with van der Waals surface area (Å²) in [5, 5.41) is 38.3. The van der Waals surface area contributed by atoms with Crippen molar-refractivity contribution in [2.24, 2.45) is 0 Å². The quantitative estimate of drug-likeness (QED) is 0.369. The number of esters is 1. The monoisotopic (exact) mass is 316 g/mol. The average Bonchev–Trinajstić information content (AvgIpc) is 2.47. The van der Waals surface area contributed by atoms with Gasteiger partial charge in [-0.3, -0.25) is 0 Å². The second kappa shape index (κ2) is 6.63. The van der Waals surface area contributed by atoms with E-state index in [0.717, 1.165) is 0 Å². The molecule has 0 bridgehead atoms. The van der Waals surface area contributed by atoms with Gasteiger partial charge in [0, 0.05) is 0 Å². The normalized spacial score (nSPS) is 32.7. The Balaban J connectivity index is 2.12. The summed E-state index contributed by atoms with van der Waals surface area (Å²) >= 11 is 4.04. The Hall–Kier alpha value is -1.32. The first-order valence-corrected chi connectivity index (χ1v) is 6.77. The standard InChI is InChI=1S/C13H16O7S/c14-5-8-9(16)10(17)11(13(21)19-8)20-12(18)6-3-1-2-4-7(6)15/h1-4,8-11,13-17,21H,5H2/t8-,9+,10+,11-,13?/m1/s1. The van der Waals surface area contributed by atoms with E-state index < -0.39 is 42.4 Å². The maximum Gasteiger partial charge on any atom is 0.342 e. The van der Waals surface area contributed by atoms with Gasteiger partial charge in [-0.15, -0.1) is 12.6 Å². The van der Waals surface area contributed by atoms with Gasteiger partial charge < -0.3 is 29.9 Å². The number of aliphatic hydroxyl groups excluding tert-OH is 3. The summed E-state index contributed by atoms with van der Waals surface area (Å²) in [4.78, 5) is 12.0. The molecule has 1 saturated heterocycles. The van der Waals surface area contributed by atoms with Crippen LogP contribution >= 0.6 is 12.6 Å². The number of aromatic hydroxyl groups is 1. The Kier molecular flexibility index (Phi) is 5.07. The molecule has 0 radical (unpaired) electrons. The molecule has 5 atom stereocenters. The molecule has 116 valence electrons. The van der Waals surface area contributed by atoms with Crippen molar-refractivity contribution >= 4 is 18.6 Å². The number of benzene rings is 1. The van der Waals surface area contributed by atoms with Crippen LogP contribution in [0.25, 0.3) is 0 Å². The Morgan fingerprint density at radius 3 is 2.57 bits per heavy atom. The van der Waals surface area contributed by atoms with Crippen LogP contribution in [0, 0.1) is 0 Å². The van der Waals surface area contributed by atoms with Crippen LogP contribution in [-0.2, 0) is 9.47 Å². The van der Waals surface area contributed by atoms with Gasteiger partial charge in [-0.25, -0.2) is 4.79 Å². The van der Waals surface area contributed by atoms with Gasteiger partial charge >= 0.3 is 5.97 Å². The topological polar surface area (TPSA) is 116 Å². The minimum absolute atomic E-state index is 0.0796. The number of hydrogen-bond acceptors (Lipinski definition) is 8. The average molecular weight is 316 g/mol. The number of carbonyl (C=O) groups is 1. The van der Waals surface area contributed by atoms with Crippen LogP contribution < -0.4 is 0 Å². The zero-order valence-corrected chi connectivity index (χ0v) is 11.8. The van der Waals surface area contributed by atoms with Crippen LogP contribution in [0.1, 0.15) is 10.4 Å². The van der Waals surface area contributed by atoms with Gasteiger partial charge in [0.25, 0.3) is 0 Å². The molecule has 2 rings (SSSR count). The highest BCUT2D eigenvalue weighted by Crippen LogP contribution is 2.27. The van der Waals surface area contributed by atoms with Gasteiger partial charge in [0.2, 0.25) is 0 Å². The smallest absolute Gasteiger partial charge is 0.342 e. The van der Waals surface area contributed by atoms with E-state index >= 15 is 0 Å². The van der Waals surface area contributed by atoms with Crippen molar-refractivity contribution < 1.29 is 34.7 Å². The molecule has 7 nitrogen and oxygen atoms in total. The van der Waals surface area contributed by atoms with E-state index in [1.807, 2.05) is 0 Å². The van der Waals surface area contributed by atoms with Crippen LogP contribution in [0.5, 0.6) is 5.75 Å². The molecule has 1 aliphatic rings. The van der Waals surface area contributed by atoms with Crippen LogP contribution in [0.2, 0.25) is 0 Å². The summed E-state index contributed by atoms with van der Waals surface area (Å²) in [6.45, 7) is -0.505. The lowest BCUT2D eigenvalue weighted by molar-refractivity contribution is -0.205. The number of ether oxygens (including phenoxy) is 2. The first-order valence-electron chi connectivity index (χ1n) is 6.25. The highest BCUT2D eigenvalue weighted by Gasteiger charge is 2.45. The van der Waals surface area contributed by atoms with Gasteiger partial charge in [0.05, 0.1) is 6.61 Å². The zero-order valence-electron chi connectivity index (χ0n) is 10.9. The van der Waals surface area contributed by atoms with Gasteiger partial charge in [-0.2, -0.15) is 0 Å². The number of aliphatic hydroxyl groups is 3. The third-order valence-electron chi connectivity index (χ3n) is 3.21. The van der Waals surface area contributed by atoms with Crippen LogP contribution in [0.15, 0.2) is 24.3 Å². The Morgan fingerprint density at radius 1 is 1.29 bits per heavy atom. The van der Waals surface area contributed by atoms with Gasteiger partial charge in [-0.05, 0) is 12.1 Å². The Morgan fingerprint density at radius 2 is 1.95 bits per heavy atom. The minimum Gasteiger partial charge on any atom is -0.507 e. The van der Waals surface area contributed by atoms with Gasteiger partial charge in [0.15, 0.2) is 6.10 Å². The van der Waals surface area contributed by atoms with Crippen molar-refractivity contribution in [3.63, 3.8) is 0 Å². The summed E-state index contributed by atoms with van der Waals surface area (Å²) in [6, 6.07) is 5.76. The second-order valence-electron chi connectivity index (χ2n) is 4.62. The Labute approximate surface area is 126 Å². The van der Waals surface area contributed by atoms with E-state index in [1.54, 1.807) is 12.1 Å². The van der Waals surface area contributed by atoms with Crippen LogP contribution in [-0.4, -0.2) is 62.9 Å². The molecule has 0 aromatic heterocycles. The molecule has 0 saturated carbocycles. The fourth-order valence-corrected chi connectivity index (χ4v) is 2.43. The highest BCUT2D eigenvalue weighted by molar-refractivity contribution is 7.80. The first kappa shape index (κ1) is 16.1. The second-order valence-corrected chi connectivity index (χ2v) is 5.12. The van der Waals surface area contributed by atoms with E-state index in [1.165, 1.54) is 12.1 Å². The molecule has 1 heterocycles. The number of hydrogen-bond donors (Lipinski definition) is 5. The zero-order chi connectivity index (χ0) is 15.6. The molecular formula is C13H16O7S. The molecule has 1 unspecified atom stereocenters. The van der Waals surface area contributed by atoms with Crippen molar-refractivity contribution in [1.82, 2.24) is 0 Å². The summed E-state index contributed by atoms with van der Waals surface area (Å²) in [5.74, 6) is -1.15. The number of thiol groups is 1. The van der Waals surface area contributed by atoms with E-state index in [4.69, 9.17) is 14.6 Å². The van der Waals surface area contributed by atoms with E-state index in [2.05, 4.69) is 12.6 Å². The number of phenolic OH excluding ortho intramolecular Hbond substituents is 1. The summed E-state index contributed by atoms with van der Waals surface area (Å²) < 4.78 is 10.2. The van der Waals surface area contributed by atoms with Crippen molar-refractivity contribution in [3.8, 4) is 5.75 Å². The molecule has 21 heavy (non-hydrogen) atoms. The van der Waals surface area contributed by atoms with Crippen molar-refractivity contribution in [2.75, 3.05) is 6.61 Å². The fourth-order valence-electron chi connectivity index (χ4n) is 2.03. The largest absolute Gasteiger partial charge is 0.507 e. The predicted molar refractivity (Wildman–Crippen MR) is 74.1 cm³/mol. The van der Waals surface area contributed by atoms with Crippen molar-refractivity contribution in [3.05, 3.63) is 29.8 Å². The minimum atomic E-state index is -1.46. The van der Waals surface area contributed by atoms with E-state index in [9.17, 15) is 20.1 Å². The SMILES string of the molecule is O=C(O[C@H]1C(S)O[C@H](CO)[C@H](O)[C@@H]1O)c1ccccc1O. The van der Waals surface area contributed by atoms with Gasteiger partial charge in [-0.1, -0.05) is 12.1 Å². The first-order chi connectivity index (χ1) is 9.95. The number of carbonyl (C=O) groups excluding carboxylic acids is 1. The summed E-state index contributed by atoms with van der Waals surface area (Å²) in [6.07, 6.45) is -5.13. The molecule has 0 aliphatic carbocycles. The lowest BCUT2D eigenvalue weighted by atomic mass is 10.00. The van der Waals surface area contributed by atoms with Gasteiger partial charge in [0.1, 0.15) is 35.1 Å². The third kappa shape index (κ3) is 3.30. The van der Waals surface area contributed by atoms with E-state index in [0.29, 0.717) is 0 Å². The van der Waals surface area contributed by atoms with Crippen LogP contribution in [0.4, 0.5) is 0 Å². The molecule has 4 N–H and O–H groups in total. The number of para-hydroxylation sites is 1. The molecule has 0 spiro atoms. The predicted octanol–water partition coefficient (Wildman–Crippen LogP) is -0.714. The summed E-state index contributed by atoms with van der Waals surface area (Å²) in [5.41, 5.74) is -1.10. The Bertz CT molecular complexity index is 509. The lowest BCUT2D eigenvalue weighted by Gasteiger charge is -2.39. The fraction of sp³-hybridized carbons (Fsp3) is 0.462. The molecule has 8 heteroatoms. The summed E-state index contributed by atoms with van der Waals surface area (Å²) in [7, 11) is 0. The molecular weight excluding hydrogens is 300 g/mol. The molecule has 0 amide bonds. The van der Waals surface area contributed by atoms with Crippen molar-refractivity contribution in [2.45, 2.75) is 29.9 Å². The molecule has 1 aromatic rings. The van der Waals surface area contributed by atoms with Crippen molar-refractivity contribution in [1.29, 1.82) is 0 Å². The molecule has 1 aromatic carbocycles. The lowest BCUT2D eigenvalue weighted by Crippen LogP contribution is -2.58. The third-order valence-corrected chi connectivity index (χ3v) is 3.63. The maximum atomic E-state index is 12.0. The molecule has 1 fully saturated rings.